The van der Waals surface area contributed by atoms with Crippen molar-refractivity contribution in [2.45, 2.75) is 18.0 Å². The van der Waals surface area contributed by atoms with Crippen LogP contribution in [-0.2, 0) is 10.0 Å². The molecule has 2 rings (SSSR count). The van der Waals surface area contributed by atoms with Crippen molar-refractivity contribution in [2.24, 2.45) is 0 Å². The van der Waals surface area contributed by atoms with Crippen molar-refractivity contribution < 1.29 is 8.42 Å². The molecule has 18 heavy (non-hydrogen) atoms. The number of aromatic nitrogens is 1. The maximum atomic E-state index is 12.4. The van der Waals surface area contributed by atoms with E-state index in [0.29, 0.717) is 25.2 Å². The Labute approximate surface area is 106 Å². The molecule has 0 spiro atoms. The highest BCUT2D eigenvalue weighted by atomic mass is 32.2. The second-order valence-electron chi connectivity index (χ2n) is 4.16. The van der Waals surface area contributed by atoms with Crippen LogP contribution in [0.4, 0.5) is 0 Å². The summed E-state index contributed by atoms with van der Waals surface area (Å²) in [7, 11) is -3.61. The van der Waals surface area contributed by atoms with Gasteiger partial charge in [0.2, 0.25) is 0 Å². The van der Waals surface area contributed by atoms with Crippen molar-refractivity contribution in [3.63, 3.8) is 0 Å². The van der Waals surface area contributed by atoms with Gasteiger partial charge in [0.25, 0.3) is 10.0 Å². The fourth-order valence-corrected chi connectivity index (χ4v) is 3.51. The normalized spacial score (nSPS) is 21.4. The van der Waals surface area contributed by atoms with Gasteiger partial charge in [0.15, 0.2) is 5.03 Å². The summed E-state index contributed by atoms with van der Waals surface area (Å²) >= 11 is 0. The van der Waals surface area contributed by atoms with Crippen molar-refractivity contribution in [1.29, 1.82) is 5.26 Å². The molecule has 96 valence electrons. The van der Waals surface area contributed by atoms with E-state index in [-0.39, 0.29) is 11.1 Å². The van der Waals surface area contributed by atoms with Crippen molar-refractivity contribution >= 4 is 10.0 Å². The number of nitrogens with zero attached hydrogens (tertiary/aromatic N) is 3. The third-order valence-corrected chi connectivity index (χ3v) is 4.79. The molecule has 1 fully saturated rings. The lowest BCUT2D eigenvalue weighted by atomic mass is 10.3. The van der Waals surface area contributed by atoms with Crippen molar-refractivity contribution in [3.8, 4) is 6.07 Å². The van der Waals surface area contributed by atoms with Gasteiger partial charge in [-0.05, 0) is 19.1 Å². The van der Waals surface area contributed by atoms with Gasteiger partial charge in [0.05, 0.1) is 11.6 Å². The van der Waals surface area contributed by atoms with Crippen molar-refractivity contribution in [1.82, 2.24) is 14.6 Å². The first-order valence-corrected chi connectivity index (χ1v) is 7.08. The van der Waals surface area contributed by atoms with Crippen LogP contribution in [0.5, 0.6) is 0 Å². The van der Waals surface area contributed by atoms with Gasteiger partial charge in [0.1, 0.15) is 0 Å². The summed E-state index contributed by atoms with van der Waals surface area (Å²) in [4.78, 5) is 3.87. The van der Waals surface area contributed by atoms with Crippen LogP contribution in [0, 0.1) is 11.3 Å². The third kappa shape index (κ3) is 2.36. The molecular formula is C11H14N4O2S. The summed E-state index contributed by atoms with van der Waals surface area (Å²) in [5.41, 5.74) is 0.298. The van der Waals surface area contributed by atoms with E-state index in [2.05, 4.69) is 10.3 Å². The Balaban J connectivity index is 2.38. The minimum Gasteiger partial charge on any atom is -0.314 e. The number of rotatable bonds is 2. The standard InChI is InChI=1S/C11H14N4O2S/c1-9-8-13-4-5-15(9)18(16,17)11-6-10(7-12)2-3-14-11/h2-3,6,9,13H,4-5,8H2,1H3/t9-/m1/s1. The van der Waals surface area contributed by atoms with Gasteiger partial charge in [-0.3, -0.25) is 0 Å². The monoisotopic (exact) mass is 266 g/mol. The van der Waals surface area contributed by atoms with E-state index in [9.17, 15) is 8.42 Å². The first-order chi connectivity index (χ1) is 8.55. The molecule has 1 aromatic rings. The van der Waals surface area contributed by atoms with Gasteiger partial charge >= 0.3 is 0 Å². The van der Waals surface area contributed by atoms with E-state index in [1.54, 1.807) is 0 Å². The average molecular weight is 266 g/mol. The zero-order valence-electron chi connectivity index (χ0n) is 10.00. The largest absolute Gasteiger partial charge is 0.314 e. The predicted octanol–water partition coefficient (Wildman–Crippen LogP) is -0.0643. The average Bonchev–Trinajstić information content (AvgIpc) is 2.39. The highest BCUT2D eigenvalue weighted by Gasteiger charge is 2.31. The number of nitriles is 1. The molecule has 1 N–H and O–H groups in total. The molecule has 0 aromatic carbocycles. The summed E-state index contributed by atoms with van der Waals surface area (Å²) < 4.78 is 26.2. The highest BCUT2D eigenvalue weighted by molar-refractivity contribution is 7.89. The molecule has 2 heterocycles. The topological polar surface area (TPSA) is 86.1 Å². The highest BCUT2D eigenvalue weighted by Crippen LogP contribution is 2.17. The summed E-state index contributed by atoms with van der Waals surface area (Å²) in [5, 5.41) is 11.9. The first-order valence-electron chi connectivity index (χ1n) is 5.64. The molecule has 1 atom stereocenters. The zero-order valence-corrected chi connectivity index (χ0v) is 10.8. The number of pyridine rings is 1. The van der Waals surface area contributed by atoms with E-state index in [0.717, 1.165) is 0 Å². The predicted molar refractivity (Wildman–Crippen MR) is 65.2 cm³/mol. The number of hydrogen-bond acceptors (Lipinski definition) is 5. The lowest BCUT2D eigenvalue weighted by Gasteiger charge is -2.32. The van der Waals surface area contributed by atoms with Crippen molar-refractivity contribution in [2.75, 3.05) is 19.6 Å². The Morgan fingerprint density at radius 1 is 1.61 bits per heavy atom. The smallest absolute Gasteiger partial charge is 0.260 e. The SMILES string of the molecule is C[C@@H]1CNCCN1S(=O)(=O)c1cc(C#N)ccn1. The molecule has 0 amide bonds. The molecule has 0 saturated carbocycles. The van der Waals surface area contributed by atoms with Crippen LogP contribution in [0.1, 0.15) is 12.5 Å². The summed E-state index contributed by atoms with van der Waals surface area (Å²) in [5.74, 6) is 0. The van der Waals surface area contributed by atoms with Crippen LogP contribution in [0.25, 0.3) is 0 Å². The Morgan fingerprint density at radius 2 is 2.39 bits per heavy atom. The summed E-state index contributed by atoms with van der Waals surface area (Å²) in [6.45, 7) is 3.51. The molecule has 7 heteroatoms. The first kappa shape index (κ1) is 13.0. The minimum atomic E-state index is -3.61. The van der Waals surface area contributed by atoms with E-state index in [1.807, 2.05) is 13.0 Å². The Kier molecular flexibility index (Phi) is 3.61. The Hall–Kier alpha value is -1.49. The van der Waals surface area contributed by atoms with Crippen LogP contribution in [0.3, 0.4) is 0 Å². The van der Waals surface area contributed by atoms with Gasteiger partial charge in [-0.1, -0.05) is 0 Å². The maximum absolute atomic E-state index is 12.4. The van der Waals surface area contributed by atoms with E-state index in [1.165, 1.54) is 22.6 Å². The fraction of sp³-hybridized carbons (Fsp3) is 0.455. The third-order valence-electron chi connectivity index (χ3n) is 2.88. The molecule has 0 unspecified atom stereocenters. The van der Waals surface area contributed by atoms with Gasteiger partial charge in [-0.25, -0.2) is 13.4 Å². The second-order valence-corrected chi connectivity index (χ2v) is 6.00. The molecule has 6 nitrogen and oxygen atoms in total. The van der Waals surface area contributed by atoms with Crippen LogP contribution in [0.2, 0.25) is 0 Å². The summed E-state index contributed by atoms with van der Waals surface area (Å²) in [6, 6.07) is 4.60. The van der Waals surface area contributed by atoms with Gasteiger partial charge in [-0.15, -0.1) is 0 Å². The lowest BCUT2D eigenvalue weighted by Crippen LogP contribution is -2.52. The molecule has 1 aromatic heterocycles. The van der Waals surface area contributed by atoms with E-state index < -0.39 is 10.0 Å². The summed E-state index contributed by atoms with van der Waals surface area (Å²) in [6.07, 6.45) is 1.35. The van der Waals surface area contributed by atoms with E-state index in [4.69, 9.17) is 5.26 Å². The zero-order chi connectivity index (χ0) is 13.2. The van der Waals surface area contributed by atoms with Gasteiger partial charge < -0.3 is 5.32 Å². The number of piperazine rings is 1. The van der Waals surface area contributed by atoms with Crippen LogP contribution in [0.15, 0.2) is 23.4 Å². The van der Waals surface area contributed by atoms with Crippen LogP contribution in [-0.4, -0.2) is 43.4 Å². The second kappa shape index (κ2) is 5.02. The lowest BCUT2D eigenvalue weighted by molar-refractivity contribution is 0.283. The molecular weight excluding hydrogens is 252 g/mol. The minimum absolute atomic E-state index is 0.0599. The Bertz CT molecular complexity index is 579. The van der Waals surface area contributed by atoms with E-state index >= 15 is 0 Å². The molecule has 1 aliphatic heterocycles. The fourth-order valence-electron chi connectivity index (χ4n) is 1.92. The number of sulfonamides is 1. The molecule has 0 aliphatic carbocycles. The number of hydrogen-bond donors (Lipinski definition) is 1. The van der Waals surface area contributed by atoms with Crippen molar-refractivity contribution in [3.05, 3.63) is 23.9 Å². The molecule has 1 aliphatic rings. The molecule has 1 saturated heterocycles. The maximum Gasteiger partial charge on any atom is 0.260 e. The van der Waals surface area contributed by atoms with Crippen LogP contribution >= 0.6 is 0 Å². The van der Waals surface area contributed by atoms with Gasteiger partial charge in [-0.2, -0.15) is 9.57 Å². The number of nitrogens with one attached hydrogen (secondary N) is 1. The quantitative estimate of drug-likeness (QED) is 0.810. The van der Waals surface area contributed by atoms with Crippen LogP contribution < -0.4 is 5.32 Å². The Morgan fingerprint density at radius 3 is 3.06 bits per heavy atom. The molecule has 0 bridgehead atoms. The van der Waals surface area contributed by atoms with Gasteiger partial charge in [0, 0.05) is 31.9 Å². The molecule has 0 radical (unpaired) electrons.